The van der Waals surface area contributed by atoms with E-state index in [0.29, 0.717) is 39.3 Å². The molecule has 0 radical (unpaired) electrons. The Morgan fingerprint density at radius 1 is 0.882 bits per heavy atom. The summed E-state index contributed by atoms with van der Waals surface area (Å²) in [5.74, 6) is 1.72. The Hall–Kier alpha value is -4.46. The molecule has 1 N–H and O–H groups in total. The first-order valence-corrected chi connectivity index (χ1v) is 10.8. The highest BCUT2D eigenvalue weighted by atomic mass is 16.5. The third-order valence-corrected chi connectivity index (χ3v) is 5.87. The molecule has 4 heterocycles. The summed E-state index contributed by atoms with van der Waals surface area (Å²) in [6.07, 6.45) is 6.68. The molecule has 0 bridgehead atoms. The number of hydrogen-bond acceptors (Lipinski definition) is 5. The fraction of sp³-hybridized carbons (Fsp3) is 0.154. The van der Waals surface area contributed by atoms with Crippen molar-refractivity contribution in [3.8, 4) is 34.1 Å². The number of aryl methyl sites for hydroxylation is 4. The van der Waals surface area contributed by atoms with Crippen LogP contribution in [0, 0.1) is 13.8 Å². The van der Waals surface area contributed by atoms with Crippen LogP contribution in [0.5, 0.6) is 11.5 Å². The maximum Gasteiger partial charge on any atom is 0.274 e. The van der Waals surface area contributed by atoms with Crippen LogP contribution in [0.1, 0.15) is 11.1 Å². The van der Waals surface area contributed by atoms with E-state index in [2.05, 4.69) is 15.0 Å². The van der Waals surface area contributed by atoms with E-state index in [1.165, 1.54) is 15.2 Å². The summed E-state index contributed by atoms with van der Waals surface area (Å²) in [6.45, 7) is 3.96. The van der Waals surface area contributed by atoms with Crippen molar-refractivity contribution >= 4 is 10.9 Å². The quantitative estimate of drug-likeness (QED) is 0.442. The van der Waals surface area contributed by atoms with Crippen LogP contribution in [0.25, 0.3) is 33.5 Å². The zero-order valence-electron chi connectivity index (χ0n) is 19.3. The lowest BCUT2D eigenvalue weighted by molar-refractivity contribution is 0.470. The summed E-state index contributed by atoms with van der Waals surface area (Å²) in [4.78, 5) is 37.4. The monoisotopic (exact) mass is 453 g/mol. The van der Waals surface area contributed by atoms with Gasteiger partial charge in [-0.15, -0.1) is 0 Å². The van der Waals surface area contributed by atoms with Crippen LogP contribution in [-0.2, 0) is 14.1 Å². The molecule has 0 fully saturated rings. The normalized spacial score (nSPS) is 11.2. The van der Waals surface area contributed by atoms with Gasteiger partial charge >= 0.3 is 0 Å². The second-order valence-corrected chi connectivity index (χ2v) is 8.33. The smallest absolute Gasteiger partial charge is 0.274 e. The first kappa shape index (κ1) is 21.4. The Labute approximate surface area is 195 Å². The van der Waals surface area contributed by atoms with Crippen LogP contribution < -0.4 is 15.9 Å². The van der Waals surface area contributed by atoms with E-state index in [0.717, 1.165) is 16.9 Å². The largest absolute Gasteiger partial charge is 0.455 e. The number of nitrogens with one attached hydrogen (secondary N) is 1. The molecule has 4 aromatic heterocycles. The molecule has 34 heavy (non-hydrogen) atoms. The topological polar surface area (TPSA) is 94.8 Å². The van der Waals surface area contributed by atoms with Gasteiger partial charge in [0.2, 0.25) is 0 Å². The lowest BCUT2D eigenvalue weighted by atomic mass is 10.0. The maximum absolute atomic E-state index is 12.9. The van der Waals surface area contributed by atoms with Gasteiger partial charge in [-0.3, -0.25) is 9.59 Å². The lowest BCUT2D eigenvalue weighted by Crippen LogP contribution is -2.18. The molecule has 0 atom stereocenters. The summed E-state index contributed by atoms with van der Waals surface area (Å²) < 4.78 is 9.36. The molecule has 0 saturated heterocycles. The summed E-state index contributed by atoms with van der Waals surface area (Å²) in [5.41, 5.74) is 3.88. The average Bonchev–Trinajstić information content (AvgIpc) is 3.27. The van der Waals surface area contributed by atoms with Crippen molar-refractivity contribution in [1.29, 1.82) is 0 Å². The minimum atomic E-state index is -0.193. The van der Waals surface area contributed by atoms with Gasteiger partial charge in [0, 0.05) is 55.3 Å². The highest BCUT2D eigenvalue weighted by Crippen LogP contribution is 2.38. The van der Waals surface area contributed by atoms with Crippen molar-refractivity contribution in [2.75, 3.05) is 0 Å². The van der Waals surface area contributed by atoms with E-state index in [1.54, 1.807) is 44.9 Å². The lowest BCUT2D eigenvalue weighted by Gasteiger charge is -2.17. The van der Waals surface area contributed by atoms with Gasteiger partial charge in [0.05, 0.1) is 11.9 Å². The number of hydrogen-bond donors (Lipinski definition) is 1. The van der Waals surface area contributed by atoms with Crippen molar-refractivity contribution in [2.24, 2.45) is 14.1 Å². The standard InChI is InChI=1S/C26H23N5O3/c1-15-7-5-8-16(2)24(15)34-21-14-30(3)22(32)12-17(21)19-13-31(4)26(33)23-18(19)11-20(29-23)25-27-9-6-10-28-25/h5-14,29H,1-4H3. The number of para-hydroxylation sites is 1. The van der Waals surface area contributed by atoms with E-state index in [4.69, 9.17) is 4.74 Å². The molecule has 5 rings (SSSR count). The Morgan fingerprint density at radius 3 is 2.29 bits per heavy atom. The fourth-order valence-corrected chi connectivity index (χ4v) is 4.07. The van der Waals surface area contributed by atoms with E-state index in [-0.39, 0.29) is 11.1 Å². The Bertz CT molecular complexity index is 1640. The van der Waals surface area contributed by atoms with Crippen molar-refractivity contribution < 1.29 is 4.74 Å². The maximum atomic E-state index is 12.9. The second kappa shape index (κ2) is 8.15. The number of aromatic nitrogens is 5. The van der Waals surface area contributed by atoms with Gasteiger partial charge in [-0.05, 0) is 37.1 Å². The molecule has 0 aliphatic heterocycles. The molecule has 0 aliphatic rings. The van der Waals surface area contributed by atoms with Crippen LogP contribution in [0.2, 0.25) is 0 Å². The number of aromatic amines is 1. The first-order chi connectivity index (χ1) is 16.3. The minimum Gasteiger partial charge on any atom is -0.455 e. The van der Waals surface area contributed by atoms with Gasteiger partial charge in [0.25, 0.3) is 11.1 Å². The van der Waals surface area contributed by atoms with Crippen LogP contribution in [0.15, 0.2) is 70.8 Å². The van der Waals surface area contributed by atoms with E-state index in [1.807, 2.05) is 38.1 Å². The Balaban J connectivity index is 1.78. The van der Waals surface area contributed by atoms with Crippen molar-refractivity contribution in [3.05, 3.63) is 93.0 Å². The summed E-state index contributed by atoms with van der Waals surface area (Å²) in [6, 6.07) is 11.0. The number of nitrogens with zero attached hydrogens (tertiary/aromatic N) is 4. The summed E-state index contributed by atoms with van der Waals surface area (Å²) in [5, 5.41) is 0.658. The van der Waals surface area contributed by atoms with Crippen LogP contribution in [0.4, 0.5) is 0 Å². The van der Waals surface area contributed by atoms with Gasteiger partial charge in [-0.2, -0.15) is 0 Å². The molecular formula is C26H23N5O3. The second-order valence-electron chi connectivity index (χ2n) is 8.33. The van der Waals surface area contributed by atoms with Crippen molar-refractivity contribution in [2.45, 2.75) is 13.8 Å². The highest BCUT2D eigenvalue weighted by Gasteiger charge is 2.19. The minimum absolute atomic E-state index is 0.187. The number of H-pyrrole nitrogens is 1. The molecule has 0 amide bonds. The third kappa shape index (κ3) is 3.59. The number of benzene rings is 1. The van der Waals surface area contributed by atoms with Crippen LogP contribution in [0.3, 0.4) is 0 Å². The van der Waals surface area contributed by atoms with Gasteiger partial charge in [0.1, 0.15) is 11.3 Å². The summed E-state index contributed by atoms with van der Waals surface area (Å²) >= 11 is 0. The van der Waals surface area contributed by atoms with Gasteiger partial charge in [-0.25, -0.2) is 9.97 Å². The molecule has 0 spiro atoms. The zero-order valence-corrected chi connectivity index (χ0v) is 19.3. The average molecular weight is 454 g/mol. The predicted molar refractivity (Wildman–Crippen MR) is 131 cm³/mol. The number of pyridine rings is 2. The molecule has 1 aromatic carbocycles. The Kier molecular flexibility index (Phi) is 5.13. The van der Waals surface area contributed by atoms with E-state index >= 15 is 0 Å². The molecule has 8 nitrogen and oxygen atoms in total. The number of fused-ring (bicyclic) bond motifs is 1. The number of ether oxygens (including phenoxy) is 1. The van der Waals surface area contributed by atoms with Gasteiger partial charge < -0.3 is 18.9 Å². The van der Waals surface area contributed by atoms with Gasteiger partial charge in [0.15, 0.2) is 11.6 Å². The molecular weight excluding hydrogens is 430 g/mol. The van der Waals surface area contributed by atoms with Crippen LogP contribution >= 0.6 is 0 Å². The zero-order chi connectivity index (χ0) is 24.0. The van der Waals surface area contributed by atoms with E-state index < -0.39 is 0 Å². The molecule has 5 aromatic rings. The first-order valence-electron chi connectivity index (χ1n) is 10.8. The molecule has 0 aliphatic carbocycles. The predicted octanol–water partition coefficient (Wildman–Crippen LogP) is 4.10. The third-order valence-electron chi connectivity index (χ3n) is 5.87. The number of rotatable bonds is 4. The fourth-order valence-electron chi connectivity index (χ4n) is 4.07. The molecule has 8 heteroatoms. The molecule has 0 saturated carbocycles. The molecule has 0 unspecified atom stereocenters. The van der Waals surface area contributed by atoms with Crippen molar-refractivity contribution in [3.63, 3.8) is 0 Å². The van der Waals surface area contributed by atoms with Crippen LogP contribution in [-0.4, -0.2) is 24.1 Å². The van der Waals surface area contributed by atoms with Crippen molar-refractivity contribution in [1.82, 2.24) is 24.1 Å². The van der Waals surface area contributed by atoms with E-state index in [9.17, 15) is 9.59 Å². The SMILES string of the molecule is Cc1cccc(C)c1Oc1cn(C)c(=O)cc1-c1cn(C)c(=O)c2[nH]c(-c3ncccn3)cc12. The summed E-state index contributed by atoms with van der Waals surface area (Å²) in [7, 11) is 3.36. The Morgan fingerprint density at radius 2 is 1.59 bits per heavy atom. The van der Waals surface area contributed by atoms with Gasteiger partial charge in [-0.1, -0.05) is 18.2 Å². The molecule has 170 valence electrons. The highest BCUT2D eigenvalue weighted by molar-refractivity contribution is 5.98.